The van der Waals surface area contributed by atoms with E-state index in [-0.39, 0.29) is 24.0 Å². The van der Waals surface area contributed by atoms with Crippen molar-refractivity contribution in [3.8, 4) is 0 Å². The van der Waals surface area contributed by atoms with Gasteiger partial charge in [0, 0.05) is 25.7 Å². The molecular weight excluding hydrogens is 276 g/mol. The molecule has 2 N–H and O–H groups in total. The second-order valence-electron chi connectivity index (χ2n) is 4.41. The van der Waals surface area contributed by atoms with Crippen molar-refractivity contribution in [3.63, 3.8) is 0 Å². The maximum absolute atomic E-state index is 11.9. The number of aromatic carboxylic acids is 1. The lowest BCUT2D eigenvalue weighted by Crippen LogP contribution is -2.32. The van der Waals surface area contributed by atoms with Crippen molar-refractivity contribution >= 4 is 23.7 Å². The summed E-state index contributed by atoms with van der Waals surface area (Å²) in [5.41, 5.74) is 0.657. The number of hydrogen-bond acceptors (Lipinski definition) is 4. The molecule has 114 valence electrons. The molecule has 1 rings (SSSR count). The van der Waals surface area contributed by atoms with E-state index in [1.807, 2.05) is 0 Å². The Balaban J connectivity index is 2.44. The van der Waals surface area contributed by atoms with Gasteiger partial charge in [0.15, 0.2) is 0 Å². The molecule has 1 aromatic carbocycles. The molecule has 7 heteroatoms. The first-order valence-corrected chi connectivity index (χ1v) is 6.36. The third-order valence-electron chi connectivity index (χ3n) is 2.83. The van der Waals surface area contributed by atoms with Gasteiger partial charge < -0.3 is 20.1 Å². The van der Waals surface area contributed by atoms with Crippen LogP contribution in [0, 0.1) is 0 Å². The van der Waals surface area contributed by atoms with Gasteiger partial charge in [-0.25, -0.2) is 9.59 Å². The second kappa shape index (κ2) is 7.88. The lowest BCUT2D eigenvalue weighted by atomic mass is 10.2. The van der Waals surface area contributed by atoms with Gasteiger partial charge in [0.2, 0.25) is 0 Å². The molecule has 0 saturated carbocycles. The molecular formula is C14H18N2O5. The van der Waals surface area contributed by atoms with Crippen LogP contribution in [0.5, 0.6) is 0 Å². The van der Waals surface area contributed by atoms with Crippen molar-refractivity contribution in [2.75, 3.05) is 26.0 Å². The Morgan fingerprint density at radius 2 is 1.86 bits per heavy atom. The van der Waals surface area contributed by atoms with Crippen molar-refractivity contribution < 1.29 is 24.2 Å². The molecule has 0 unspecified atom stereocenters. The molecule has 7 nitrogen and oxygen atoms in total. The summed E-state index contributed by atoms with van der Waals surface area (Å²) < 4.78 is 4.51. The van der Waals surface area contributed by atoms with Gasteiger partial charge in [0.25, 0.3) is 0 Å². The highest BCUT2D eigenvalue weighted by molar-refractivity contribution is 5.91. The number of nitrogens with zero attached hydrogens (tertiary/aromatic N) is 1. The molecule has 0 radical (unpaired) electrons. The molecule has 0 aliphatic rings. The topological polar surface area (TPSA) is 95.9 Å². The van der Waals surface area contributed by atoms with E-state index < -0.39 is 5.97 Å². The van der Waals surface area contributed by atoms with Crippen molar-refractivity contribution in [1.82, 2.24) is 4.90 Å². The summed E-state index contributed by atoms with van der Waals surface area (Å²) in [4.78, 5) is 35.0. The van der Waals surface area contributed by atoms with Crippen LogP contribution in [0.3, 0.4) is 0 Å². The van der Waals surface area contributed by atoms with Crippen LogP contribution in [0.25, 0.3) is 0 Å². The Kier molecular flexibility index (Phi) is 6.19. The first kappa shape index (κ1) is 16.5. The average Bonchev–Trinajstić information content (AvgIpc) is 2.47. The fourth-order valence-corrected chi connectivity index (χ4v) is 1.58. The number of nitrogens with one attached hydrogen (secondary N) is 1. The maximum atomic E-state index is 11.9. The molecule has 0 heterocycles. The highest BCUT2D eigenvalue weighted by atomic mass is 16.5. The van der Waals surface area contributed by atoms with E-state index in [0.717, 1.165) is 0 Å². The number of carbonyl (C=O) groups excluding carboxylic acids is 2. The first-order chi connectivity index (χ1) is 9.93. The Morgan fingerprint density at radius 1 is 1.24 bits per heavy atom. The van der Waals surface area contributed by atoms with E-state index >= 15 is 0 Å². The molecule has 0 fully saturated rings. The lowest BCUT2D eigenvalue weighted by Gasteiger charge is -2.17. The number of carbonyl (C=O) groups is 3. The smallest absolute Gasteiger partial charge is 0.335 e. The minimum atomic E-state index is -1.02. The fourth-order valence-electron chi connectivity index (χ4n) is 1.58. The first-order valence-electron chi connectivity index (χ1n) is 6.36. The molecule has 0 bridgehead atoms. The van der Waals surface area contributed by atoms with E-state index in [1.165, 1.54) is 36.3 Å². The zero-order chi connectivity index (χ0) is 15.8. The summed E-state index contributed by atoms with van der Waals surface area (Å²) in [6, 6.07) is 5.53. The monoisotopic (exact) mass is 294 g/mol. The van der Waals surface area contributed by atoms with Gasteiger partial charge in [-0.15, -0.1) is 0 Å². The van der Waals surface area contributed by atoms with Gasteiger partial charge in [-0.1, -0.05) is 0 Å². The SMILES string of the molecule is COC(=O)CCCN(C)C(=O)Nc1ccc(C(=O)O)cc1. The number of rotatable bonds is 6. The number of anilines is 1. The zero-order valence-electron chi connectivity index (χ0n) is 12.0. The zero-order valence-corrected chi connectivity index (χ0v) is 12.0. The third-order valence-corrected chi connectivity index (χ3v) is 2.83. The second-order valence-corrected chi connectivity index (χ2v) is 4.41. The quantitative estimate of drug-likeness (QED) is 0.780. The number of ether oxygens (including phenoxy) is 1. The van der Waals surface area contributed by atoms with Crippen LogP contribution in [0.4, 0.5) is 10.5 Å². The normalized spacial score (nSPS) is 9.81. The predicted molar refractivity (Wildman–Crippen MR) is 76.3 cm³/mol. The van der Waals surface area contributed by atoms with Crippen LogP contribution >= 0.6 is 0 Å². The van der Waals surface area contributed by atoms with Crippen molar-refractivity contribution in [3.05, 3.63) is 29.8 Å². The summed E-state index contributed by atoms with van der Waals surface area (Å²) >= 11 is 0. The number of esters is 1. The predicted octanol–water partition coefficient (Wildman–Crippen LogP) is 1.80. The van der Waals surface area contributed by atoms with Crippen LogP contribution in [0.15, 0.2) is 24.3 Å². The molecule has 1 aromatic rings. The molecule has 0 aromatic heterocycles. The van der Waals surface area contributed by atoms with Gasteiger partial charge in [-0.2, -0.15) is 0 Å². The summed E-state index contributed by atoms with van der Waals surface area (Å²) in [5.74, 6) is -1.33. The standard InChI is InChI=1S/C14H18N2O5/c1-16(9-3-4-12(17)21-2)14(20)15-11-7-5-10(6-8-11)13(18)19/h5-8H,3-4,9H2,1-2H3,(H,15,20)(H,18,19). The molecule has 2 amide bonds. The van der Waals surface area contributed by atoms with Crippen molar-refractivity contribution in [2.24, 2.45) is 0 Å². The highest BCUT2D eigenvalue weighted by Crippen LogP contribution is 2.10. The van der Waals surface area contributed by atoms with Gasteiger partial charge in [0.1, 0.15) is 0 Å². The van der Waals surface area contributed by atoms with Gasteiger partial charge >= 0.3 is 18.0 Å². The number of benzene rings is 1. The molecule has 0 aliphatic carbocycles. The van der Waals surface area contributed by atoms with Crippen molar-refractivity contribution in [2.45, 2.75) is 12.8 Å². The van der Waals surface area contributed by atoms with E-state index in [2.05, 4.69) is 10.1 Å². The highest BCUT2D eigenvalue weighted by Gasteiger charge is 2.10. The third kappa shape index (κ3) is 5.52. The summed E-state index contributed by atoms with van der Waals surface area (Å²) in [6.45, 7) is 0.411. The maximum Gasteiger partial charge on any atom is 0.335 e. The number of hydrogen-bond donors (Lipinski definition) is 2. The van der Waals surface area contributed by atoms with E-state index in [4.69, 9.17) is 5.11 Å². The van der Waals surface area contributed by atoms with E-state index in [0.29, 0.717) is 18.7 Å². The van der Waals surface area contributed by atoms with Gasteiger partial charge in [-0.3, -0.25) is 4.79 Å². The van der Waals surface area contributed by atoms with Crippen LogP contribution in [0.1, 0.15) is 23.2 Å². The van der Waals surface area contributed by atoms with Gasteiger partial charge in [-0.05, 0) is 30.7 Å². The molecule has 0 spiro atoms. The van der Waals surface area contributed by atoms with Crippen LogP contribution in [-0.4, -0.2) is 48.7 Å². The average molecular weight is 294 g/mol. The van der Waals surface area contributed by atoms with Crippen LogP contribution in [-0.2, 0) is 9.53 Å². The molecule has 21 heavy (non-hydrogen) atoms. The summed E-state index contributed by atoms with van der Waals surface area (Å²) in [7, 11) is 2.93. The summed E-state index contributed by atoms with van der Waals surface area (Å²) in [6.07, 6.45) is 0.760. The Hall–Kier alpha value is -2.57. The number of methoxy groups -OCH3 is 1. The minimum absolute atomic E-state index is 0.152. The Labute approximate surface area is 122 Å². The van der Waals surface area contributed by atoms with E-state index in [1.54, 1.807) is 7.05 Å². The van der Waals surface area contributed by atoms with Crippen LogP contribution in [0.2, 0.25) is 0 Å². The Bertz CT molecular complexity index is 513. The lowest BCUT2D eigenvalue weighted by molar-refractivity contribution is -0.140. The molecule has 0 atom stereocenters. The molecule has 0 aliphatic heterocycles. The summed E-state index contributed by atoms with van der Waals surface area (Å²) in [5, 5.41) is 11.4. The number of urea groups is 1. The largest absolute Gasteiger partial charge is 0.478 e. The fraction of sp³-hybridized carbons (Fsp3) is 0.357. The number of carboxylic acids is 1. The van der Waals surface area contributed by atoms with Crippen molar-refractivity contribution in [1.29, 1.82) is 0 Å². The van der Waals surface area contributed by atoms with Crippen LogP contribution < -0.4 is 5.32 Å². The Morgan fingerprint density at radius 3 is 2.38 bits per heavy atom. The van der Waals surface area contributed by atoms with Gasteiger partial charge in [0.05, 0.1) is 12.7 Å². The van der Waals surface area contributed by atoms with E-state index in [9.17, 15) is 14.4 Å². The minimum Gasteiger partial charge on any atom is -0.478 e. The molecule has 0 saturated heterocycles. The number of carboxylic acid groups (broad SMARTS) is 1. The number of amides is 2.